The van der Waals surface area contributed by atoms with E-state index < -0.39 is 0 Å². The summed E-state index contributed by atoms with van der Waals surface area (Å²) >= 11 is 0. The van der Waals surface area contributed by atoms with Gasteiger partial charge in [-0.1, -0.05) is 6.07 Å². The lowest BCUT2D eigenvalue weighted by atomic mass is 10.0. The molecule has 5 nitrogen and oxygen atoms in total. The summed E-state index contributed by atoms with van der Waals surface area (Å²) in [7, 11) is 1.70. The van der Waals surface area contributed by atoms with Crippen LogP contribution in [0.3, 0.4) is 0 Å². The lowest BCUT2D eigenvalue weighted by Gasteiger charge is -2.11. The van der Waals surface area contributed by atoms with E-state index >= 15 is 0 Å². The number of aromatic amines is 1. The largest absolute Gasteiger partial charge is 0.496 e. The monoisotopic (exact) mass is 368 g/mol. The average Bonchev–Trinajstić information content (AvgIpc) is 3.35. The number of methoxy groups -OCH3 is 1. The zero-order chi connectivity index (χ0) is 19.3. The molecule has 138 valence electrons. The smallest absolute Gasteiger partial charge is 0.154 e. The minimum atomic E-state index is 0.823. The second-order valence-electron chi connectivity index (χ2n) is 7.03. The molecule has 1 N–H and O–H groups in total. The summed E-state index contributed by atoms with van der Waals surface area (Å²) in [4.78, 5) is 7.76. The maximum Gasteiger partial charge on any atom is 0.154 e. The molecule has 0 fully saturated rings. The van der Waals surface area contributed by atoms with E-state index in [4.69, 9.17) is 9.84 Å². The van der Waals surface area contributed by atoms with Gasteiger partial charge in [-0.25, -0.2) is 9.50 Å². The number of ether oxygens (including phenoxy) is 1. The molecule has 5 heteroatoms. The second-order valence-corrected chi connectivity index (χ2v) is 7.03. The highest BCUT2D eigenvalue weighted by Gasteiger charge is 2.12. The lowest BCUT2D eigenvalue weighted by Crippen LogP contribution is -1.98. The predicted molar refractivity (Wildman–Crippen MR) is 112 cm³/mol. The van der Waals surface area contributed by atoms with Crippen LogP contribution in [0.4, 0.5) is 0 Å². The zero-order valence-corrected chi connectivity index (χ0v) is 16.0. The van der Waals surface area contributed by atoms with Gasteiger partial charge in [0.1, 0.15) is 5.75 Å². The van der Waals surface area contributed by atoms with Crippen molar-refractivity contribution in [3.63, 3.8) is 0 Å². The molecular formula is C23H20N4O. The number of hydrogen-bond donors (Lipinski definition) is 1. The molecule has 0 aliphatic carbocycles. The van der Waals surface area contributed by atoms with E-state index in [1.54, 1.807) is 7.11 Å². The first-order valence-corrected chi connectivity index (χ1v) is 9.22. The van der Waals surface area contributed by atoms with Gasteiger partial charge in [-0.15, -0.1) is 0 Å². The van der Waals surface area contributed by atoms with Crippen LogP contribution in [0, 0.1) is 13.8 Å². The van der Waals surface area contributed by atoms with Crippen LogP contribution in [0.15, 0.2) is 60.9 Å². The fourth-order valence-electron chi connectivity index (χ4n) is 3.62. The van der Waals surface area contributed by atoms with Gasteiger partial charge in [-0.05, 0) is 67.4 Å². The van der Waals surface area contributed by atoms with Crippen LogP contribution in [0.25, 0.3) is 39.1 Å². The van der Waals surface area contributed by atoms with Crippen molar-refractivity contribution >= 4 is 16.6 Å². The highest BCUT2D eigenvalue weighted by molar-refractivity contribution is 5.84. The highest BCUT2D eigenvalue weighted by atomic mass is 16.5. The molecule has 0 aliphatic heterocycles. The number of fused-ring (bicyclic) bond motifs is 2. The number of H-pyrrole nitrogens is 1. The molecule has 5 aromatic rings. The molecule has 0 spiro atoms. The molecule has 0 saturated carbocycles. The molecule has 0 saturated heterocycles. The van der Waals surface area contributed by atoms with Crippen LogP contribution < -0.4 is 4.74 Å². The standard InChI is InChI=1S/C23H20N4O/c1-14-10-18(12-22(28-3)15(14)2)20-6-7-23-25-13-21(27(23)26-20)17-4-5-19-16(11-17)8-9-24-19/h4-13,24H,1-3H3. The first-order valence-electron chi connectivity index (χ1n) is 9.22. The molecule has 0 amide bonds. The Kier molecular flexibility index (Phi) is 3.69. The summed E-state index contributed by atoms with van der Waals surface area (Å²) in [6, 6.07) is 16.6. The van der Waals surface area contributed by atoms with Gasteiger partial charge in [0.25, 0.3) is 0 Å². The second kappa shape index (κ2) is 6.23. The van der Waals surface area contributed by atoms with Gasteiger partial charge in [0.2, 0.25) is 0 Å². The van der Waals surface area contributed by atoms with Gasteiger partial charge in [-0.3, -0.25) is 0 Å². The van der Waals surface area contributed by atoms with Gasteiger partial charge in [0, 0.05) is 28.2 Å². The minimum Gasteiger partial charge on any atom is -0.496 e. The molecule has 0 atom stereocenters. The Hall–Kier alpha value is -3.60. The van der Waals surface area contributed by atoms with E-state index in [9.17, 15) is 0 Å². The Morgan fingerprint density at radius 1 is 0.964 bits per heavy atom. The SMILES string of the molecule is COc1cc(-c2ccc3ncc(-c4ccc5[nH]ccc5c4)n3n2)cc(C)c1C. The number of benzene rings is 2. The molecule has 5 rings (SSSR count). The number of rotatable bonds is 3. The Bertz CT molecular complexity index is 1330. The van der Waals surface area contributed by atoms with Gasteiger partial charge in [-0.2, -0.15) is 5.10 Å². The van der Waals surface area contributed by atoms with Crippen molar-refractivity contribution in [1.82, 2.24) is 19.6 Å². The Labute approximate surface area is 162 Å². The molecule has 28 heavy (non-hydrogen) atoms. The molecule has 2 aromatic carbocycles. The summed E-state index contributed by atoms with van der Waals surface area (Å²) in [5.41, 5.74) is 8.24. The number of nitrogens with one attached hydrogen (secondary N) is 1. The Morgan fingerprint density at radius 3 is 2.71 bits per heavy atom. The van der Waals surface area contributed by atoms with E-state index in [1.807, 2.05) is 35.1 Å². The average molecular weight is 368 g/mol. The maximum atomic E-state index is 5.54. The topological polar surface area (TPSA) is 55.2 Å². The van der Waals surface area contributed by atoms with Crippen LogP contribution in [0.2, 0.25) is 0 Å². The van der Waals surface area contributed by atoms with E-state index in [2.05, 4.69) is 54.1 Å². The molecular weight excluding hydrogens is 348 g/mol. The van der Waals surface area contributed by atoms with E-state index in [0.29, 0.717) is 0 Å². The van der Waals surface area contributed by atoms with Gasteiger partial charge < -0.3 is 9.72 Å². The Morgan fingerprint density at radius 2 is 1.86 bits per heavy atom. The summed E-state index contributed by atoms with van der Waals surface area (Å²) < 4.78 is 7.44. The third kappa shape index (κ3) is 2.55. The van der Waals surface area contributed by atoms with Crippen molar-refractivity contribution < 1.29 is 4.74 Å². The van der Waals surface area contributed by atoms with E-state index in [-0.39, 0.29) is 0 Å². The molecule has 0 unspecified atom stereocenters. The normalized spacial score (nSPS) is 11.4. The fourth-order valence-corrected chi connectivity index (χ4v) is 3.62. The first kappa shape index (κ1) is 16.6. The molecule has 3 heterocycles. The van der Waals surface area contributed by atoms with Gasteiger partial charge in [0.15, 0.2) is 5.65 Å². The Balaban J connectivity index is 1.67. The summed E-state index contributed by atoms with van der Waals surface area (Å²) in [5, 5.41) is 6.06. The highest BCUT2D eigenvalue weighted by Crippen LogP contribution is 2.30. The number of imidazole rings is 1. The fraction of sp³-hybridized carbons (Fsp3) is 0.130. The van der Waals surface area contributed by atoms with Crippen LogP contribution >= 0.6 is 0 Å². The van der Waals surface area contributed by atoms with Gasteiger partial charge >= 0.3 is 0 Å². The van der Waals surface area contributed by atoms with E-state index in [1.165, 1.54) is 10.9 Å². The summed E-state index contributed by atoms with van der Waals surface area (Å²) in [6.45, 7) is 4.16. The first-order chi connectivity index (χ1) is 13.6. The van der Waals surface area contributed by atoms with Crippen molar-refractivity contribution in [2.45, 2.75) is 13.8 Å². The molecule has 0 bridgehead atoms. The van der Waals surface area contributed by atoms with E-state index in [0.717, 1.165) is 45.0 Å². The number of hydrogen-bond acceptors (Lipinski definition) is 3. The molecule has 0 radical (unpaired) electrons. The quantitative estimate of drug-likeness (QED) is 0.478. The van der Waals surface area contributed by atoms with Crippen molar-refractivity contribution in [2.24, 2.45) is 0 Å². The summed E-state index contributed by atoms with van der Waals surface area (Å²) in [6.07, 6.45) is 3.83. The maximum absolute atomic E-state index is 5.54. The summed E-state index contributed by atoms with van der Waals surface area (Å²) in [5.74, 6) is 0.876. The van der Waals surface area contributed by atoms with Crippen LogP contribution in [-0.4, -0.2) is 26.7 Å². The molecule has 3 aromatic heterocycles. The number of aromatic nitrogens is 4. The van der Waals surface area contributed by atoms with Crippen molar-refractivity contribution in [3.05, 3.63) is 72.1 Å². The van der Waals surface area contributed by atoms with Crippen molar-refractivity contribution in [2.75, 3.05) is 7.11 Å². The number of nitrogens with zero attached hydrogens (tertiary/aromatic N) is 3. The minimum absolute atomic E-state index is 0.823. The van der Waals surface area contributed by atoms with Crippen LogP contribution in [0.5, 0.6) is 5.75 Å². The lowest BCUT2D eigenvalue weighted by molar-refractivity contribution is 0.411. The zero-order valence-electron chi connectivity index (χ0n) is 16.0. The van der Waals surface area contributed by atoms with Crippen LogP contribution in [0.1, 0.15) is 11.1 Å². The predicted octanol–water partition coefficient (Wildman–Crippen LogP) is 5.17. The third-order valence-corrected chi connectivity index (χ3v) is 5.35. The number of aryl methyl sites for hydroxylation is 1. The molecule has 0 aliphatic rings. The van der Waals surface area contributed by atoms with Crippen molar-refractivity contribution in [1.29, 1.82) is 0 Å². The van der Waals surface area contributed by atoms with Crippen molar-refractivity contribution in [3.8, 4) is 28.3 Å². The third-order valence-electron chi connectivity index (χ3n) is 5.35. The van der Waals surface area contributed by atoms with Crippen LogP contribution in [-0.2, 0) is 0 Å². The van der Waals surface area contributed by atoms with Gasteiger partial charge in [0.05, 0.1) is 24.7 Å².